The largest absolute Gasteiger partial charge is 0.349 e. The number of hydrogen-bond donors (Lipinski definition) is 2. The van der Waals surface area contributed by atoms with Gasteiger partial charge in [0, 0.05) is 6.04 Å². The molecule has 1 aromatic carbocycles. The van der Waals surface area contributed by atoms with Gasteiger partial charge in [0.15, 0.2) is 0 Å². The molecule has 0 aromatic heterocycles. The molecule has 1 aliphatic carbocycles. The number of rotatable bonds is 3. The average Bonchev–Trinajstić information content (AvgIpc) is 2.87. The van der Waals surface area contributed by atoms with Gasteiger partial charge in [-0.2, -0.15) is 0 Å². The van der Waals surface area contributed by atoms with E-state index >= 15 is 0 Å². The normalized spacial score (nSPS) is 20.6. The van der Waals surface area contributed by atoms with Crippen molar-refractivity contribution in [2.75, 3.05) is 0 Å². The van der Waals surface area contributed by atoms with Crippen molar-refractivity contribution in [2.45, 2.75) is 31.2 Å². The number of carbonyl (C=O) groups is 1. The fraction of sp³-hybridized carbons (Fsp3) is 0.417. The van der Waals surface area contributed by atoms with Crippen molar-refractivity contribution in [3.05, 3.63) is 27.7 Å². The van der Waals surface area contributed by atoms with Gasteiger partial charge in [-0.15, -0.1) is 0 Å². The van der Waals surface area contributed by atoms with E-state index in [2.05, 4.69) is 5.32 Å². The van der Waals surface area contributed by atoms with Crippen molar-refractivity contribution >= 4 is 39.1 Å². The maximum atomic E-state index is 12.1. The Labute approximate surface area is 127 Å². The van der Waals surface area contributed by atoms with Gasteiger partial charge in [0.05, 0.1) is 20.5 Å². The summed E-state index contributed by atoms with van der Waals surface area (Å²) in [4.78, 5) is 11.9. The van der Waals surface area contributed by atoms with Gasteiger partial charge in [0.2, 0.25) is 10.0 Å². The van der Waals surface area contributed by atoms with Crippen molar-refractivity contribution in [1.29, 1.82) is 0 Å². The predicted octanol–water partition coefficient (Wildman–Crippen LogP) is 2.17. The minimum atomic E-state index is -3.96. The maximum absolute atomic E-state index is 12.1. The molecule has 1 unspecified atom stereocenters. The Morgan fingerprint density at radius 3 is 2.40 bits per heavy atom. The first-order chi connectivity index (χ1) is 9.02. The lowest BCUT2D eigenvalue weighted by molar-refractivity contribution is 0.0946. The quantitative estimate of drug-likeness (QED) is 0.886. The van der Waals surface area contributed by atoms with Crippen LogP contribution in [0.3, 0.4) is 0 Å². The lowest BCUT2D eigenvalue weighted by Gasteiger charge is -2.10. The number of benzene rings is 1. The monoisotopic (exact) mass is 336 g/mol. The van der Waals surface area contributed by atoms with Crippen LogP contribution in [-0.4, -0.2) is 20.4 Å². The van der Waals surface area contributed by atoms with E-state index in [1.54, 1.807) is 0 Å². The average molecular weight is 337 g/mol. The molecule has 1 fully saturated rings. The number of nitrogens with two attached hydrogens (primary N) is 1. The molecule has 0 bridgehead atoms. The third-order valence-corrected chi connectivity index (χ3v) is 5.09. The SMILES string of the molecule is CC1(C)CC1NC(=O)c1cc(S(N)(=O)=O)cc(Cl)c1Cl. The Kier molecular flexibility index (Phi) is 3.79. The number of primary sulfonamides is 1. The van der Waals surface area contributed by atoms with Gasteiger partial charge >= 0.3 is 0 Å². The molecule has 8 heteroatoms. The summed E-state index contributed by atoms with van der Waals surface area (Å²) in [7, 11) is -3.96. The molecule has 2 rings (SSSR count). The number of carbonyl (C=O) groups excluding carboxylic acids is 1. The highest BCUT2D eigenvalue weighted by molar-refractivity contribution is 7.89. The highest BCUT2D eigenvalue weighted by atomic mass is 35.5. The van der Waals surface area contributed by atoms with Gasteiger partial charge < -0.3 is 5.32 Å². The Morgan fingerprint density at radius 1 is 1.40 bits per heavy atom. The van der Waals surface area contributed by atoms with E-state index in [1.807, 2.05) is 13.8 Å². The summed E-state index contributed by atoms with van der Waals surface area (Å²) in [5, 5.41) is 7.81. The first-order valence-corrected chi connectivity index (χ1v) is 8.15. The summed E-state index contributed by atoms with van der Waals surface area (Å²) in [6.45, 7) is 4.04. The molecule has 0 heterocycles. The van der Waals surface area contributed by atoms with Gasteiger partial charge in [-0.1, -0.05) is 37.0 Å². The molecule has 1 amide bonds. The molecule has 0 saturated heterocycles. The Bertz CT molecular complexity index is 686. The van der Waals surface area contributed by atoms with Crippen LogP contribution in [0.5, 0.6) is 0 Å². The molecule has 1 saturated carbocycles. The molecular weight excluding hydrogens is 323 g/mol. The molecule has 5 nitrogen and oxygen atoms in total. The summed E-state index contributed by atoms with van der Waals surface area (Å²) < 4.78 is 22.7. The van der Waals surface area contributed by atoms with Crippen molar-refractivity contribution in [1.82, 2.24) is 5.32 Å². The molecule has 0 spiro atoms. The second-order valence-electron chi connectivity index (χ2n) is 5.53. The highest BCUT2D eigenvalue weighted by Gasteiger charge is 2.46. The van der Waals surface area contributed by atoms with E-state index in [-0.39, 0.29) is 32.0 Å². The molecule has 1 aromatic rings. The first-order valence-electron chi connectivity index (χ1n) is 5.85. The third kappa shape index (κ3) is 3.09. The number of amides is 1. The Hall–Kier alpha value is -0.820. The zero-order valence-corrected chi connectivity index (χ0v) is 13.2. The fourth-order valence-electron chi connectivity index (χ4n) is 1.84. The van der Waals surface area contributed by atoms with Gasteiger partial charge in [0.1, 0.15) is 0 Å². The van der Waals surface area contributed by atoms with Crippen LogP contribution in [-0.2, 0) is 10.0 Å². The minimum absolute atomic E-state index is 0.00546. The lowest BCUT2D eigenvalue weighted by Crippen LogP contribution is -2.29. The van der Waals surface area contributed by atoms with Gasteiger partial charge in [0.25, 0.3) is 5.91 Å². The topological polar surface area (TPSA) is 89.3 Å². The van der Waals surface area contributed by atoms with Crippen molar-refractivity contribution < 1.29 is 13.2 Å². The Morgan fingerprint density at radius 2 is 1.95 bits per heavy atom. The van der Waals surface area contributed by atoms with Crippen LogP contribution in [0.25, 0.3) is 0 Å². The summed E-state index contributed by atoms with van der Waals surface area (Å²) >= 11 is 11.8. The van der Waals surface area contributed by atoms with Crippen LogP contribution >= 0.6 is 23.2 Å². The molecule has 1 aliphatic rings. The highest BCUT2D eigenvalue weighted by Crippen LogP contribution is 2.44. The summed E-state index contributed by atoms with van der Waals surface area (Å²) in [6.07, 6.45) is 0.860. The van der Waals surface area contributed by atoms with Crippen LogP contribution in [0, 0.1) is 5.41 Å². The van der Waals surface area contributed by atoms with E-state index in [1.165, 1.54) is 0 Å². The molecule has 110 valence electrons. The van der Waals surface area contributed by atoms with Crippen LogP contribution < -0.4 is 10.5 Å². The molecule has 3 N–H and O–H groups in total. The molecule has 0 radical (unpaired) electrons. The second-order valence-corrected chi connectivity index (χ2v) is 7.88. The summed E-state index contributed by atoms with van der Waals surface area (Å²) in [5.41, 5.74) is 0.0506. The number of sulfonamides is 1. The smallest absolute Gasteiger partial charge is 0.253 e. The Balaban J connectivity index is 2.36. The van der Waals surface area contributed by atoms with Crippen molar-refractivity contribution in [2.24, 2.45) is 10.6 Å². The number of halogens is 2. The van der Waals surface area contributed by atoms with E-state index < -0.39 is 15.9 Å². The van der Waals surface area contributed by atoms with E-state index in [0.29, 0.717) is 0 Å². The predicted molar refractivity (Wildman–Crippen MR) is 77.5 cm³/mol. The van der Waals surface area contributed by atoms with Crippen LogP contribution in [0.4, 0.5) is 0 Å². The first kappa shape index (κ1) is 15.6. The third-order valence-electron chi connectivity index (χ3n) is 3.39. The van der Waals surface area contributed by atoms with Crippen molar-refractivity contribution in [3.8, 4) is 0 Å². The zero-order chi connectivity index (χ0) is 15.3. The van der Waals surface area contributed by atoms with Gasteiger partial charge in [-0.3, -0.25) is 4.79 Å². The minimum Gasteiger partial charge on any atom is -0.349 e. The van der Waals surface area contributed by atoms with Crippen LogP contribution in [0.15, 0.2) is 17.0 Å². The molecule has 1 atom stereocenters. The van der Waals surface area contributed by atoms with Crippen LogP contribution in [0.2, 0.25) is 10.0 Å². The maximum Gasteiger partial charge on any atom is 0.253 e. The zero-order valence-electron chi connectivity index (χ0n) is 10.9. The van der Waals surface area contributed by atoms with E-state index in [4.69, 9.17) is 28.3 Å². The van der Waals surface area contributed by atoms with Crippen molar-refractivity contribution in [3.63, 3.8) is 0 Å². The molecule has 20 heavy (non-hydrogen) atoms. The summed E-state index contributed by atoms with van der Waals surface area (Å²) in [6, 6.07) is 2.30. The summed E-state index contributed by atoms with van der Waals surface area (Å²) in [5.74, 6) is -0.460. The fourth-order valence-corrected chi connectivity index (χ4v) is 2.89. The van der Waals surface area contributed by atoms with E-state index in [9.17, 15) is 13.2 Å². The standard InChI is InChI=1S/C12H14Cl2N2O3S/c1-12(2)5-9(12)16-11(17)7-3-6(20(15,18)19)4-8(13)10(7)14/h3-4,9H,5H2,1-2H3,(H,16,17)(H2,15,18,19). The molecule has 0 aliphatic heterocycles. The van der Waals surface area contributed by atoms with E-state index in [0.717, 1.165) is 18.6 Å². The second kappa shape index (κ2) is 4.87. The number of hydrogen-bond acceptors (Lipinski definition) is 3. The lowest BCUT2D eigenvalue weighted by atomic mass is 10.1. The van der Waals surface area contributed by atoms with Gasteiger partial charge in [-0.05, 0) is 24.0 Å². The van der Waals surface area contributed by atoms with Gasteiger partial charge in [-0.25, -0.2) is 13.6 Å². The number of nitrogens with one attached hydrogen (secondary N) is 1. The van der Waals surface area contributed by atoms with Crippen LogP contribution in [0.1, 0.15) is 30.6 Å². The molecular formula is C12H14Cl2N2O3S.